The monoisotopic (exact) mass is 347 g/mol. The molecule has 1 aliphatic heterocycles. The van der Waals surface area contributed by atoms with Crippen LogP contribution in [0.15, 0.2) is 0 Å². The predicted octanol–water partition coefficient (Wildman–Crippen LogP) is 1.13. The van der Waals surface area contributed by atoms with Gasteiger partial charge in [0.15, 0.2) is 0 Å². The lowest BCUT2D eigenvalue weighted by Crippen LogP contribution is -2.57. The highest BCUT2D eigenvalue weighted by atomic mass is 16.2. The van der Waals surface area contributed by atoms with Crippen molar-refractivity contribution in [1.29, 1.82) is 0 Å². The number of nitrogens with one attached hydrogen (secondary N) is 1. The third kappa shape index (κ3) is 2.55. The maximum absolute atomic E-state index is 12.4. The first-order chi connectivity index (χ1) is 11.8. The van der Waals surface area contributed by atoms with Gasteiger partial charge in [-0.15, -0.1) is 0 Å². The molecule has 0 unspecified atom stereocenters. The van der Waals surface area contributed by atoms with Crippen LogP contribution in [-0.4, -0.2) is 53.2 Å². The molecule has 0 radical (unpaired) electrons. The maximum atomic E-state index is 12.4. The fourth-order valence-corrected chi connectivity index (χ4v) is 6.04. The SMILES string of the molecule is C[C@H](NC(=O)CN1C(=O)C(=O)N(C)C1=O)C12CC3CC(CC(C3)C1)C2. The van der Waals surface area contributed by atoms with Gasteiger partial charge in [0.2, 0.25) is 5.91 Å². The Labute approximate surface area is 147 Å². The minimum Gasteiger partial charge on any atom is -0.352 e. The molecule has 4 saturated carbocycles. The van der Waals surface area contributed by atoms with E-state index in [0.717, 1.165) is 27.6 Å². The fourth-order valence-electron chi connectivity index (χ4n) is 6.04. The molecule has 4 aliphatic carbocycles. The summed E-state index contributed by atoms with van der Waals surface area (Å²) in [7, 11) is 1.25. The summed E-state index contributed by atoms with van der Waals surface area (Å²) in [6.07, 6.45) is 7.52. The molecule has 0 aromatic heterocycles. The van der Waals surface area contributed by atoms with Crippen molar-refractivity contribution in [3.05, 3.63) is 0 Å². The van der Waals surface area contributed by atoms with Crippen LogP contribution in [-0.2, 0) is 14.4 Å². The Morgan fingerprint density at radius 1 is 1.08 bits per heavy atom. The summed E-state index contributed by atoms with van der Waals surface area (Å²) in [5, 5.41) is 3.02. The second kappa shape index (κ2) is 5.54. The average molecular weight is 347 g/mol. The van der Waals surface area contributed by atoms with E-state index in [4.69, 9.17) is 0 Å². The van der Waals surface area contributed by atoms with E-state index in [1.54, 1.807) is 0 Å². The zero-order valence-electron chi connectivity index (χ0n) is 14.8. The molecule has 5 amide bonds. The van der Waals surface area contributed by atoms with Crippen LogP contribution < -0.4 is 5.32 Å². The standard InChI is InChI=1S/C18H25N3O4/c1-10(18-6-11-3-12(7-18)5-13(4-11)8-18)19-14(22)9-21-16(24)15(23)20(2)17(21)25/h10-13H,3-9H2,1-2H3,(H,19,22)/t10-,11?,12?,13?,18?/m0/s1. The van der Waals surface area contributed by atoms with Gasteiger partial charge < -0.3 is 5.32 Å². The van der Waals surface area contributed by atoms with E-state index in [9.17, 15) is 19.2 Å². The van der Waals surface area contributed by atoms with Crippen LogP contribution in [0.1, 0.15) is 45.4 Å². The molecule has 0 aromatic carbocycles. The summed E-state index contributed by atoms with van der Waals surface area (Å²) in [5.41, 5.74) is 0.163. The molecular formula is C18H25N3O4. The zero-order valence-corrected chi connectivity index (χ0v) is 14.8. The van der Waals surface area contributed by atoms with Crippen LogP contribution in [0.3, 0.4) is 0 Å². The number of carbonyl (C=O) groups is 4. The Balaban J connectivity index is 1.41. The van der Waals surface area contributed by atoms with Gasteiger partial charge >= 0.3 is 17.8 Å². The summed E-state index contributed by atoms with van der Waals surface area (Å²) in [6, 6.07) is -0.706. The Morgan fingerprint density at radius 3 is 2.04 bits per heavy atom. The molecule has 1 N–H and O–H groups in total. The molecule has 1 saturated heterocycles. The second-order valence-electron chi connectivity index (χ2n) is 8.61. The second-order valence-corrected chi connectivity index (χ2v) is 8.61. The largest absolute Gasteiger partial charge is 0.352 e. The van der Waals surface area contributed by atoms with Crippen LogP contribution in [0.2, 0.25) is 0 Å². The lowest BCUT2D eigenvalue weighted by molar-refractivity contribution is -0.143. The molecule has 4 bridgehead atoms. The molecule has 7 heteroatoms. The number of hydrogen-bond donors (Lipinski definition) is 1. The Hall–Kier alpha value is -1.92. The normalized spacial score (nSPS) is 37.8. The minimum absolute atomic E-state index is 0.0228. The third-order valence-corrected chi connectivity index (χ3v) is 6.93. The quantitative estimate of drug-likeness (QED) is 0.610. The van der Waals surface area contributed by atoms with Crippen molar-refractivity contribution in [2.24, 2.45) is 23.2 Å². The molecule has 5 rings (SSSR count). The summed E-state index contributed by atoms with van der Waals surface area (Å²) >= 11 is 0. The number of urea groups is 1. The smallest absolute Gasteiger partial charge is 0.334 e. The van der Waals surface area contributed by atoms with Gasteiger partial charge in [-0.05, 0) is 68.6 Å². The number of hydrogen-bond acceptors (Lipinski definition) is 4. The maximum Gasteiger partial charge on any atom is 0.334 e. The molecule has 5 aliphatic rings. The molecule has 1 atom stereocenters. The lowest BCUT2D eigenvalue weighted by Gasteiger charge is -2.59. The van der Waals surface area contributed by atoms with Gasteiger partial charge in [-0.3, -0.25) is 19.3 Å². The van der Waals surface area contributed by atoms with E-state index < -0.39 is 17.8 Å². The topological polar surface area (TPSA) is 86.8 Å². The van der Waals surface area contributed by atoms with E-state index in [1.165, 1.54) is 45.6 Å². The fraction of sp³-hybridized carbons (Fsp3) is 0.778. The van der Waals surface area contributed by atoms with Crippen molar-refractivity contribution in [1.82, 2.24) is 15.1 Å². The van der Waals surface area contributed by atoms with E-state index in [1.807, 2.05) is 0 Å². The summed E-state index contributed by atoms with van der Waals surface area (Å²) in [6.45, 7) is 1.67. The van der Waals surface area contributed by atoms with Gasteiger partial charge in [-0.1, -0.05) is 0 Å². The first kappa shape index (κ1) is 16.5. The average Bonchev–Trinajstić information content (AvgIpc) is 2.71. The summed E-state index contributed by atoms with van der Waals surface area (Å²) in [5.74, 6) is 0.195. The van der Waals surface area contributed by atoms with Gasteiger partial charge in [0.1, 0.15) is 6.54 Å². The van der Waals surface area contributed by atoms with Gasteiger partial charge in [-0.25, -0.2) is 9.69 Å². The predicted molar refractivity (Wildman–Crippen MR) is 88.1 cm³/mol. The van der Waals surface area contributed by atoms with Crippen LogP contribution in [0, 0.1) is 23.2 Å². The van der Waals surface area contributed by atoms with Crippen molar-refractivity contribution in [3.8, 4) is 0 Å². The molecule has 7 nitrogen and oxygen atoms in total. The van der Waals surface area contributed by atoms with E-state index >= 15 is 0 Å². The number of likely N-dealkylation sites (N-methyl/N-ethyl adjacent to an activating group) is 1. The number of rotatable bonds is 4. The molecular weight excluding hydrogens is 322 g/mol. The van der Waals surface area contributed by atoms with Crippen molar-refractivity contribution in [2.75, 3.05) is 13.6 Å². The Kier molecular flexibility index (Phi) is 3.67. The number of carbonyl (C=O) groups excluding carboxylic acids is 4. The molecule has 0 aromatic rings. The van der Waals surface area contributed by atoms with E-state index in [0.29, 0.717) is 0 Å². The van der Waals surface area contributed by atoms with Crippen molar-refractivity contribution in [3.63, 3.8) is 0 Å². The lowest BCUT2D eigenvalue weighted by atomic mass is 9.48. The first-order valence-electron chi connectivity index (χ1n) is 9.22. The first-order valence-corrected chi connectivity index (χ1v) is 9.22. The minimum atomic E-state index is -0.926. The van der Waals surface area contributed by atoms with Gasteiger partial charge in [0.05, 0.1) is 0 Å². The van der Waals surface area contributed by atoms with Gasteiger partial charge in [0.25, 0.3) is 0 Å². The van der Waals surface area contributed by atoms with E-state index in [2.05, 4.69) is 12.2 Å². The molecule has 5 fully saturated rings. The highest BCUT2D eigenvalue weighted by Crippen LogP contribution is 2.61. The van der Waals surface area contributed by atoms with Gasteiger partial charge in [-0.2, -0.15) is 0 Å². The Bertz CT molecular complexity index is 623. The van der Waals surface area contributed by atoms with Crippen molar-refractivity contribution in [2.45, 2.75) is 51.5 Å². The highest BCUT2D eigenvalue weighted by Gasteiger charge is 2.53. The van der Waals surface area contributed by atoms with Gasteiger partial charge in [0, 0.05) is 13.1 Å². The zero-order chi connectivity index (χ0) is 17.9. The van der Waals surface area contributed by atoms with Crippen LogP contribution in [0.25, 0.3) is 0 Å². The van der Waals surface area contributed by atoms with Crippen LogP contribution >= 0.6 is 0 Å². The van der Waals surface area contributed by atoms with E-state index in [-0.39, 0.29) is 23.9 Å². The molecule has 25 heavy (non-hydrogen) atoms. The highest BCUT2D eigenvalue weighted by molar-refractivity contribution is 6.44. The van der Waals surface area contributed by atoms with Crippen LogP contribution in [0.4, 0.5) is 4.79 Å². The van der Waals surface area contributed by atoms with Crippen molar-refractivity contribution < 1.29 is 19.2 Å². The molecule has 1 heterocycles. The number of amides is 5. The molecule has 136 valence electrons. The number of nitrogens with zero attached hydrogens (tertiary/aromatic N) is 2. The number of imide groups is 2. The summed E-state index contributed by atoms with van der Waals surface area (Å²) in [4.78, 5) is 49.1. The van der Waals surface area contributed by atoms with Crippen LogP contribution in [0.5, 0.6) is 0 Å². The Morgan fingerprint density at radius 2 is 1.60 bits per heavy atom. The van der Waals surface area contributed by atoms with Crippen molar-refractivity contribution >= 4 is 23.8 Å². The summed E-state index contributed by atoms with van der Waals surface area (Å²) < 4.78 is 0. The third-order valence-electron chi connectivity index (χ3n) is 6.93. The molecule has 0 spiro atoms.